The van der Waals surface area contributed by atoms with E-state index in [0.29, 0.717) is 18.8 Å². The molecule has 4 saturated carbocycles. The van der Waals surface area contributed by atoms with E-state index < -0.39 is 110 Å². The van der Waals surface area contributed by atoms with Crippen molar-refractivity contribution < 1.29 is 84.3 Å². The number of allylic oxidation sites excluding steroid dienone is 2. The summed E-state index contributed by atoms with van der Waals surface area (Å²) in [5.74, 6) is -1.05. The van der Waals surface area contributed by atoms with Crippen LogP contribution in [-0.2, 0) is 33.2 Å². The summed E-state index contributed by atoms with van der Waals surface area (Å²) in [6.45, 7) is 16.8. The Balaban J connectivity index is 1.06. The van der Waals surface area contributed by atoms with Crippen LogP contribution < -0.4 is 0 Å². The van der Waals surface area contributed by atoms with Crippen molar-refractivity contribution in [2.45, 2.75) is 211 Å². The number of rotatable bonds is 8. The van der Waals surface area contributed by atoms with E-state index in [0.717, 1.165) is 44.9 Å². The van der Waals surface area contributed by atoms with Gasteiger partial charge in [0.2, 0.25) is 0 Å². The molecule has 366 valence electrons. The van der Waals surface area contributed by atoms with Crippen LogP contribution in [0, 0.1) is 50.2 Å². The summed E-state index contributed by atoms with van der Waals surface area (Å²) in [7, 11) is 0. The molecule has 17 nitrogen and oxygen atoms in total. The molecule has 3 saturated heterocycles. The second-order valence-electron chi connectivity index (χ2n) is 23.2. The number of hydrogen-bond acceptors (Lipinski definition) is 16. The normalized spacial score (nSPS) is 56.1. The Labute approximate surface area is 376 Å². The molecule has 10 N–H and O–H groups in total. The third-order valence-electron chi connectivity index (χ3n) is 19.1. The van der Waals surface area contributed by atoms with Gasteiger partial charge in [0.25, 0.3) is 0 Å². The van der Waals surface area contributed by atoms with Crippen LogP contribution in [0.15, 0.2) is 11.6 Å². The SMILES string of the molecule is CC1OC(OC2C(OC3C(OC4CC[C@@]5(C)C(CC[C@]6(C)C5CC=C5C7CC(C)(C)CC(O)[C@]7(C)CC[C@]56C)[C@@]4(C)CO)OC(C(=O)O)C(O)C3O)OCC(O)C2O)C(O)C(O)C1O. The lowest BCUT2D eigenvalue weighted by Crippen LogP contribution is -2.68. The molecular weight excluding hydrogens is 837 g/mol. The monoisotopic (exact) mass is 913 g/mol. The van der Waals surface area contributed by atoms with Gasteiger partial charge in [-0.25, -0.2) is 4.79 Å². The first kappa shape index (κ1) is 49.0. The van der Waals surface area contributed by atoms with Gasteiger partial charge in [-0.15, -0.1) is 0 Å². The van der Waals surface area contributed by atoms with Crippen LogP contribution in [-0.4, -0.2) is 168 Å². The molecule has 64 heavy (non-hydrogen) atoms. The van der Waals surface area contributed by atoms with Gasteiger partial charge in [0.05, 0.1) is 31.5 Å². The number of carboxylic acids is 1. The third-order valence-corrected chi connectivity index (χ3v) is 19.1. The predicted octanol–water partition coefficient (Wildman–Crippen LogP) is 1.34. The number of aliphatic carboxylic acids is 1. The predicted molar refractivity (Wildman–Crippen MR) is 225 cm³/mol. The average molecular weight is 913 g/mol. The number of hydrogen-bond donors (Lipinski definition) is 10. The zero-order chi connectivity index (χ0) is 46.9. The van der Waals surface area contributed by atoms with Crippen molar-refractivity contribution in [3.05, 3.63) is 11.6 Å². The Bertz CT molecular complexity index is 1760. The molecule has 0 aromatic carbocycles. The van der Waals surface area contributed by atoms with Gasteiger partial charge in [0.15, 0.2) is 25.0 Å². The average Bonchev–Trinajstić information content (AvgIpc) is 3.22. The lowest BCUT2D eigenvalue weighted by molar-refractivity contribution is -0.387. The maximum Gasteiger partial charge on any atom is 0.335 e. The van der Waals surface area contributed by atoms with Crippen LogP contribution in [0.4, 0.5) is 0 Å². The van der Waals surface area contributed by atoms with E-state index in [4.69, 9.17) is 28.4 Å². The van der Waals surface area contributed by atoms with Gasteiger partial charge in [0.1, 0.15) is 54.9 Å². The molecule has 3 aliphatic heterocycles. The first-order valence-electron chi connectivity index (χ1n) is 23.7. The number of carboxylic acid groups (broad SMARTS) is 1. The van der Waals surface area contributed by atoms with Gasteiger partial charge in [0, 0.05) is 10.8 Å². The quantitative estimate of drug-likeness (QED) is 0.122. The van der Waals surface area contributed by atoms with Gasteiger partial charge in [-0.05, 0) is 104 Å². The maximum absolute atomic E-state index is 12.4. The first-order chi connectivity index (χ1) is 29.8. The van der Waals surface area contributed by atoms with Crippen molar-refractivity contribution in [3.63, 3.8) is 0 Å². The van der Waals surface area contributed by atoms with Crippen LogP contribution in [0.25, 0.3) is 0 Å². The summed E-state index contributed by atoms with van der Waals surface area (Å²) in [5.41, 5.74) is 0.0929. The van der Waals surface area contributed by atoms with Gasteiger partial charge in [-0.2, -0.15) is 0 Å². The highest BCUT2D eigenvalue weighted by atomic mass is 16.8. The fourth-order valence-electron chi connectivity index (χ4n) is 14.8. The number of aliphatic hydroxyl groups is 9. The molecule has 8 rings (SSSR count). The Morgan fingerprint density at radius 2 is 1.38 bits per heavy atom. The van der Waals surface area contributed by atoms with Gasteiger partial charge >= 0.3 is 5.97 Å². The van der Waals surface area contributed by atoms with Crippen molar-refractivity contribution in [1.29, 1.82) is 0 Å². The highest BCUT2D eigenvalue weighted by Gasteiger charge is 2.70. The Morgan fingerprint density at radius 1 is 0.703 bits per heavy atom. The highest BCUT2D eigenvalue weighted by molar-refractivity contribution is 5.73. The second kappa shape index (κ2) is 16.9. The molecule has 0 aromatic heterocycles. The highest BCUT2D eigenvalue weighted by Crippen LogP contribution is 2.76. The minimum Gasteiger partial charge on any atom is -0.479 e. The lowest BCUT2D eigenvalue weighted by Gasteiger charge is -2.72. The summed E-state index contributed by atoms with van der Waals surface area (Å²) >= 11 is 0. The molecule has 7 fully saturated rings. The molecule has 0 radical (unpaired) electrons. The number of fused-ring (bicyclic) bond motifs is 7. The first-order valence-corrected chi connectivity index (χ1v) is 23.7. The molecule has 8 aliphatic rings. The van der Waals surface area contributed by atoms with E-state index in [1.165, 1.54) is 12.5 Å². The van der Waals surface area contributed by atoms with Crippen LogP contribution in [0.2, 0.25) is 0 Å². The van der Waals surface area contributed by atoms with Crippen LogP contribution in [0.3, 0.4) is 0 Å². The number of carbonyl (C=O) groups is 1. The summed E-state index contributed by atoms with van der Waals surface area (Å²) < 4.78 is 36.1. The van der Waals surface area contributed by atoms with Crippen molar-refractivity contribution in [2.24, 2.45) is 50.2 Å². The van der Waals surface area contributed by atoms with E-state index in [1.54, 1.807) is 0 Å². The fraction of sp³-hybridized carbons (Fsp3) is 0.936. The molecule has 24 atom stereocenters. The lowest BCUT2D eigenvalue weighted by atomic mass is 9.33. The van der Waals surface area contributed by atoms with E-state index >= 15 is 0 Å². The van der Waals surface area contributed by atoms with E-state index in [2.05, 4.69) is 47.6 Å². The molecule has 0 amide bonds. The summed E-state index contributed by atoms with van der Waals surface area (Å²) in [6.07, 6.45) is -14.5. The molecule has 17 heteroatoms. The molecule has 0 aromatic rings. The molecule has 3 heterocycles. The topological polar surface area (TPSA) is 275 Å². The van der Waals surface area contributed by atoms with Gasteiger partial charge < -0.3 is 79.5 Å². The standard InChI is InChI=1S/C47H76O17/c1-21-29(51)31(53)34(56)39(60-21)63-36-30(52)24(49)19-59-40(36)64-37-33(55)32(54)35(38(57)58)62-41(37)61-28-12-13-44(5)25(45(28,6)20-48)11-14-47(8)26(44)10-9-22-23-17-42(2,3)18-27(50)43(23,4)15-16-46(22,47)7/h9,21,23-37,39-41,48-56H,10-20H2,1-8H3,(H,57,58)/t21?,23?,24?,25?,26?,27?,28?,29?,30?,31?,32?,33?,34?,35?,36?,37?,39?,40?,41?,43-,44+,45-,46-,47-/m1/s1. The molecule has 0 spiro atoms. The minimum absolute atomic E-state index is 0.0286. The van der Waals surface area contributed by atoms with E-state index in [9.17, 15) is 55.9 Å². The molecular formula is C47H76O17. The molecule has 19 unspecified atom stereocenters. The molecule has 5 aliphatic carbocycles. The zero-order valence-electron chi connectivity index (χ0n) is 38.7. The Morgan fingerprint density at radius 3 is 2.05 bits per heavy atom. The Kier molecular flexibility index (Phi) is 13.0. The third kappa shape index (κ3) is 7.49. The van der Waals surface area contributed by atoms with Crippen molar-refractivity contribution in [1.82, 2.24) is 0 Å². The zero-order valence-corrected chi connectivity index (χ0v) is 38.7. The van der Waals surface area contributed by atoms with Crippen molar-refractivity contribution in [2.75, 3.05) is 13.2 Å². The summed E-state index contributed by atoms with van der Waals surface area (Å²) in [5, 5.41) is 109. The minimum atomic E-state index is -2.01. The maximum atomic E-state index is 12.4. The number of aliphatic hydroxyl groups excluding tert-OH is 9. The smallest absolute Gasteiger partial charge is 0.335 e. The van der Waals surface area contributed by atoms with Crippen molar-refractivity contribution in [3.8, 4) is 0 Å². The summed E-state index contributed by atoms with van der Waals surface area (Å²) in [6, 6.07) is 0. The van der Waals surface area contributed by atoms with Crippen LogP contribution >= 0.6 is 0 Å². The van der Waals surface area contributed by atoms with Crippen molar-refractivity contribution >= 4 is 5.97 Å². The largest absolute Gasteiger partial charge is 0.479 e. The Hall–Kier alpha value is -1.39. The van der Waals surface area contributed by atoms with Crippen LogP contribution in [0.1, 0.15) is 113 Å². The second-order valence-corrected chi connectivity index (χ2v) is 23.2. The van der Waals surface area contributed by atoms with Crippen LogP contribution in [0.5, 0.6) is 0 Å². The molecule has 0 bridgehead atoms. The number of ether oxygens (including phenoxy) is 6. The summed E-state index contributed by atoms with van der Waals surface area (Å²) in [4.78, 5) is 12.4. The van der Waals surface area contributed by atoms with E-state index in [1.807, 2.05) is 6.92 Å². The van der Waals surface area contributed by atoms with E-state index in [-0.39, 0.29) is 51.6 Å². The fourth-order valence-corrected chi connectivity index (χ4v) is 14.8. The van der Waals surface area contributed by atoms with Gasteiger partial charge in [-0.3, -0.25) is 0 Å². The van der Waals surface area contributed by atoms with Gasteiger partial charge in [-0.1, -0.05) is 60.1 Å².